The Balaban J connectivity index is 2.14. The zero-order valence-electron chi connectivity index (χ0n) is 6.45. The van der Waals surface area contributed by atoms with E-state index in [-0.39, 0.29) is 12.1 Å². The van der Waals surface area contributed by atoms with E-state index in [4.69, 9.17) is 10.5 Å². The first-order valence-corrected chi connectivity index (χ1v) is 3.90. The van der Waals surface area contributed by atoms with E-state index in [1.54, 1.807) is 6.08 Å². The highest BCUT2D eigenvalue weighted by molar-refractivity contribution is 5.82. The molecule has 3 nitrogen and oxygen atoms in total. The molecule has 0 unspecified atom stereocenters. The van der Waals surface area contributed by atoms with Gasteiger partial charge >= 0.3 is 5.97 Å². The lowest BCUT2D eigenvalue weighted by Gasteiger charge is -2.24. The third kappa shape index (κ3) is 2.72. The van der Waals surface area contributed by atoms with Gasteiger partial charge in [0.1, 0.15) is 6.10 Å². The van der Waals surface area contributed by atoms with Crippen molar-refractivity contribution in [3.05, 3.63) is 12.2 Å². The maximum Gasteiger partial charge on any atom is 0.330 e. The van der Waals surface area contributed by atoms with Gasteiger partial charge in [0.25, 0.3) is 0 Å². The predicted molar refractivity (Wildman–Crippen MR) is 41.9 cm³/mol. The van der Waals surface area contributed by atoms with Crippen LogP contribution in [0, 0.1) is 0 Å². The van der Waals surface area contributed by atoms with Crippen LogP contribution >= 0.6 is 0 Å². The molecule has 0 spiro atoms. The minimum Gasteiger partial charge on any atom is -0.459 e. The number of carbonyl (C=O) groups is 1. The first-order chi connectivity index (χ1) is 5.33. The van der Waals surface area contributed by atoms with Gasteiger partial charge in [0.15, 0.2) is 0 Å². The van der Waals surface area contributed by atoms with Crippen LogP contribution in [0.25, 0.3) is 0 Å². The Morgan fingerprint density at radius 1 is 1.64 bits per heavy atom. The predicted octanol–water partition coefficient (Wildman–Crippen LogP) is 0.597. The van der Waals surface area contributed by atoms with Crippen LogP contribution in [0.5, 0.6) is 0 Å². The molecule has 0 aromatic carbocycles. The standard InChI is InChI=1S/C8H13NO2/c9-6-2-5-8(10)11-7-3-1-4-7/h2,5,7H,1,3-4,6,9H2. The van der Waals surface area contributed by atoms with Gasteiger partial charge in [-0.2, -0.15) is 0 Å². The van der Waals surface area contributed by atoms with E-state index in [2.05, 4.69) is 0 Å². The smallest absolute Gasteiger partial charge is 0.330 e. The molecule has 0 bridgehead atoms. The van der Waals surface area contributed by atoms with Crippen LogP contribution in [0.4, 0.5) is 0 Å². The lowest BCUT2D eigenvalue weighted by molar-refractivity contribution is -0.146. The largest absolute Gasteiger partial charge is 0.459 e. The van der Waals surface area contributed by atoms with Crippen LogP contribution in [0.2, 0.25) is 0 Å². The molecule has 0 heterocycles. The lowest BCUT2D eigenvalue weighted by Crippen LogP contribution is -2.24. The van der Waals surface area contributed by atoms with Crippen molar-refractivity contribution in [1.82, 2.24) is 0 Å². The summed E-state index contributed by atoms with van der Waals surface area (Å²) < 4.78 is 5.01. The van der Waals surface area contributed by atoms with E-state index >= 15 is 0 Å². The normalized spacial score (nSPS) is 18.3. The third-order valence-electron chi connectivity index (χ3n) is 1.73. The second-order valence-corrected chi connectivity index (χ2v) is 2.63. The van der Waals surface area contributed by atoms with E-state index in [1.165, 1.54) is 12.5 Å². The summed E-state index contributed by atoms with van der Waals surface area (Å²) in [5.41, 5.74) is 5.16. The van der Waals surface area contributed by atoms with Gasteiger partial charge in [-0.25, -0.2) is 4.79 Å². The second kappa shape index (κ2) is 4.13. The van der Waals surface area contributed by atoms with E-state index in [1.807, 2.05) is 0 Å². The highest BCUT2D eigenvalue weighted by Gasteiger charge is 2.20. The van der Waals surface area contributed by atoms with E-state index in [0.717, 1.165) is 12.8 Å². The summed E-state index contributed by atoms with van der Waals surface area (Å²) in [5, 5.41) is 0. The van der Waals surface area contributed by atoms with Gasteiger partial charge < -0.3 is 10.5 Å². The topological polar surface area (TPSA) is 52.3 Å². The van der Waals surface area contributed by atoms with Crippen LogP contribution in [0.15, 0.2) is 12.2 Å². The van der Waals surface area contributed by atoms with Crippen LogP contribution in [-0.2, 0) is 9.53 Å². The number of ether oxygens (including phenoxy) is 1. The van der Waals surface area contributed by atoms with Crippen molar-refractivity contribution in [3.63, 3.8) is 0 Å². The Hall–Kier alpha value is -0.830. The number of hydrogen-bond donors (Lipinski definition) is 1. The molecule has 0 saturated heterocycles. The van der Waals surface area contributed by atoms with Gasteiger partial charge in [0, 0.05) is 12.6 Å². The third-order valence-corrected chi connectivity index (χ3v) is 1.73. The Labute approximate surface area is 66.2 Å². The average molecular weight is 155 g/mol. The van der Waals surface area contributed by atoms with Crippen molar-refractivity contribution in [2.45, 2.75) is 25.4 Å². The summed E-state index contributed by atoms with van der Waals surface area (Å²) in [4.78, 5) is 10.8. The molecule has 0 atom stereocenters. The molecule has 2 N–H and O–H groups in total. The Kier molecular flexibility index (Phi) is 3.11. The van der Waals surface area contributed by atoms with Gasteiger partial charge in [0.2, 0.25) is 0 Å². The lowest BCUT2D eigenvalue weighted by atomic mass is 9.96. The zero-order chi connectivity index (χ0) is 8.10. The molecule has 11 heavy (non-hydrogen) atoms. The SMILES string of the molecule is NCC=CC(=O)OC1CCC1. The number of carbonyl (C=O) groups excluding carboxylic acids is 1. The molecule has 0 radical (unpaired) electrons. The summed E-state index contributed by atoms with van der Waals surface area (Å²) in [6, 6.07) is 0. The van der Waals surface area contributed by atoms with Crippen LogP contribution in [-0.4, -0.2) is 18.6 Å². The van der Waals surface area contributed by atoms with E-state index in [9.17, 15) is 4.79 Å². The molecule has 62 valence electrons. The minimum absolute atomic E-state index is 0.171. The Morgan fingerprint density at radius 2 is 2.36 bits per heavy atom. The summed E-state index contributed by atoms with van der Waals surface area (Å²) in [6.45, 7) is 0.389. The molecule has 1 rings (SSSR count). The fourth-order valence-electron chi connectivity index (χ4n) is 0.856. The molecule has 0 aromatic rings. The summed E-state index contributed by atoms with van der Waals surface area (Å²) in [7, 11) is 0. The second-order valence-electron chi connectivity index (χ2n) is 2.63. The summed E-state index contributed by atoms with van der Waals surface area (Å²) >= 11 is 0. The van der Waals surface area contributed by atoms with Crippen molar-refractivity contribution in [3.8, 4) is 0 Å². The molecular weight excluding hydrogens is 142 g/mol. The molecule has 1 fully saturated rings. The first-order valence-electron chi connectivity index (χ1n) is 3.90. The van der Waals surface area contributed by atoms with Crippen LogP contribution in [0.1, 0.15) is 19.3 Å². The maximum absolute atomic E-state index is 10.8. The highest BCUT2D eigenvalue weighted by atomic mass is 16.5. The number of esters is 1. The molecule has 1 saturated carbocycles. The molecule has 1 aliphatic carbocycles. The number of hydrogen-bond acceptors (Lipinski definition) is 3. The number of rotatable bonds is 3. The average Bonchev–Trinajstić information content (AvgIpc) is 1.93. The number of nitrogens with two attached hydrogens (primary N) is 1. The molecule has 0 amide bonds. The molecule has 0 aromatic heterocycles. The quantitative estimate of drug-likeness (QED) is 0.479. The van der Waals surface area contributed by atoms with Crippen molar-refractivity contribution >= 4 is 5.97 Å². The van der Waals surface area contributed by atoms with Crippen molar-refractivity contribution in [1.29, 1.82) is 0 Å². The summed E-state index contributed by atoms with van der Waals surface area (Å²) in [5.74, 6) is -0.264. The van der Waals surface area contributed by atoms with Gasteiger partial charge in [0.05, 0.1) is 0 Å². The molecule has 1 aliphatic rings. The molecule has 3 heteroatoms. The van der Waals surface area contributed by atoms with Gasteiger partial charge in [-0.05, 0) is 19.3 Å². The molecule has 0 aliphatic heterocycles. The fraction of sp³-hybridized carbons (Fsp3) is 0.625. The van der Waals surface area contributed by atoms with Crippen molar-refractivity contribution < 1.29 is 9.53 Å². The van der Waals surface area contributed by atoms with Gasteiger partial charge in [-0.3, -0.25) is 0 Å². The van der Waals surface area contributed by atoms with Gasteiger partial charge in [-0.1, -0.05) is 6.08 Å². The van der Waals surface area contributed by atoms with Gasteiger partial charge in [-0.15, -0.1) is 0 Å². The maximum atomic E-state index is 10.8. The van der Waals surface area contributed by atoms with E-state index in [0.29, 0.717) is 6.54 Å². The van der Waals surface area contributed by atoms with E-state index < -0.39 is 0 Å². The zero-order valence-corrected chi connectivity index (χ0v) is 6.45. The van der Waals surface area contributed by atoms with Crippen LogP contribution in [0.3, 0.4) is 0 Å². The first kappa shape index (κ1) is 8.27. The molecular formula is C8H13NO2. The van der Waals surface area contributed by atoms with Crippen molar-refractivity contribution in [2.24, 2.45) is 5.73 Å². The highest BCUT2D eigenvalue weighted by Crippen LogP contribution is 2.21. The monoisotopic (exact) mass is 155 g/mol. The fourth-order valence-corrected chi connectivity index (χ4v) is 0.856. The summed E-state index contributed by atoms with van der Waals surface area (Å²) in [6.07, 6.45) is 6.37. The minimum atomic E-state index is -0.264. The van der Waals surface area contributed by atoms with Crippen LogP contribution < -0.4 is 5.73 Å². The van der Waals surface area contributed by atoms with Crippen molar-refractivity contribution in [2.75, 3.05) is 6.54 Å². The Bertz CT molecular complexity index is 161. The Morgan fingerprint density at radius 3 is 2.82 bits per heavy atom.